The lowest BCUT2D eigenvalue weighted by molar-refractivity contribution is 0.0925. The molecule has 0 radical (unpaired) electrons. The Morgan fingerprint density at radius 2 is 1.86 bits per heavy atom. The number of ether oxygens (including phenoxy) is 1. The average molecular weight is 378 g/mol. The number of benzene rings is 1. The molecule has 1 amide bonds. The van der Waals surface area contributed by atoms with Crippen LogP contribution >= 0.6 is 0 Å². The first-order valence-electron chi connectivity index (χ1n) is 9.44. The van der Waals surface area contributed by atoms with E-state index in [9.17, 15) is 9.59 Å². The summed E-state index contributed by atoms with van der Waals surface area (Å²) in [6, 6.07) is 11.1. The number of nitrogens with one attached hydrogen (secondary N) is 2. The lowest BCUT2D eigenvalue weighted by Crippen LogP contribution is -2.37. The summed E-state index contributed by atoms with van der Waals surface area (Å²) in [5.74, 6) is 0.640. The first-order chi connectivity index (χ1) is 13.7. The molecule has 7 heteroatoms. The summed E-state index contributed by atoms with van der Waals surface area (Å²) in [4.78, 5) is 28.5. The van der Waals surface area contributed by atoms with E-state index in [-0.39, 0.29) is 23.4 Å². The van der Waals surface area contributed by atoms with Crippen LogP contribution < -0.4 is 15.6 Å². The van der Waals surface area contributed by atoms with Crippen LogP contribution in [0, 0.1) is 0 Å². The highest BCUT2D eigenvalue weighted by Crippen LogP contribution is 2.34. The van der Waals surface area contributed by atoms with Gasteiger partial charge in [0.1, 0.15) is 0 Å². The maximum Gasteiger partial charge on any atom is 0.272 e. The van der Waals surface area contributed by atoms with Crippen molar-refractivity contribution < 1.29 is 9.53 Å². The topological polar surface area (TPSA) is 97.0 Å². The van der Waals surface area contributed by atoms with Gasteiger partial charge in [0.05, 0.1) is 23.8 Å². The van der Waals surface area contributed by atoms with Crippen molar-refractivity contribution in [2.45, 2.75) is 37.6 Å². The first-order valence-corrected chi connectivity index (χ1v) is 9.44. The van der Waals surface area contributed by atoms with Crippen LogP contribution in [0.5, 0.6) is 5.88 Å². The number of carbonyl (C=O) groups excluding carboxylic acids is 1. The van der Waals surface area contributed by atoms with E-state index >= 15 is 0 Å². The molecule has 1 fully saturated rings. The van der Waals surface area contributed by atoms with Crippen LogP contribution in [-0.2, 0) is 0 Å². The van der Waals surface area contributed by atoms with Crippen LogP contribution in [0.25, 0.3) is 10.8 Å². The summed E-state index contributed by atoms with van der Waals surface area (Å²) in [5, 5.41) is 11.6. The average Bonchev–Trinajstić information content (AvgIpc) is 2.75. The molecule has 1 aliphatic carbocycles. The number of aromatic amines is 1. The number of fused-ring (bicyclic) bond motifs is 1. The molecule has 2 heterocycles. The number of methoxy groups -OCH3 is 1. The Morgan fingerprint density at radius 1 is 1.11 bits per heavy atom. The highest BCUT2D eigenvalue weighted by Gasteiger charge is 2.26. The number of hydrogen-bond acceptors (Lipinski definition) is 5. The van der Waals surface area contributed by atoms with Gasteiger partial charge < -0.3 is 10.1 Å². The monoisotopic (exact) mass is 378 g/mol. The van der Waals surface area contributed by atoms with Crippen molar-refractivity contribution in [3.05, 3.63) is 64.2 Å². The van der Waals surface area contributed by atoms with Gasteiger partial charge in [-0.3, -0.25) is 9.59 Å². The number of pyridine rings is 1. The second kappa shape index (κ2) is 7.80. The highest BCUT2D eigenvalue weighted by atomic mass is 16.5. The number of carbonyl (C=O) groups is 1. The van der Waals surface area contributed by atoms with Crippen molar-refractivity contribution in [1.82, 2.24) is 20.5 Å². The summed E-state index contributed by atoms with van der Waals surface area (Å²) in [6.07, 6.45) is 5.09. The SMILES string of the molecule is COc1ccc(C(=O)NC2CCC(c3n[nH]c(=O)c4ccccc34)CC2)cn1. The van der Waals surface area contributed by atoms with Crippen LogP contribution in [0.4, 0.5) is 0 Å². The standard InChI is InChI=1S/C21H22N4O3/c1-28-18-11-8-14(12-22-18)20(26)23-15-9-6-13(7-10-15)19-16-4-2-3-5-17(16)21(27)25-24-19/h2-5,8,11-13,15H,6-7,9-10H2,1H3,(H,23,26)(H,25,27). The number of nitrogens with zero attached hydrogens (tertiary/aromatic N) is 2. The summed E-state index contributed by atoms with van der Waals surface area (Å²) in [6.45, 7) is 0. The molecule has 144 valence electrons. The lowest BCUT2D eigenvalue weighted by atomic mass is 9.82. The second-order valence-electron chi connectivity index (χ2n) is 7.09. The van der Waals surface area contributed by atoms with Gasteiger partial charge in [0.15, 0.2) is 0 Å². The maximum absolute atomic E-state index is 12.4. The van der Waals surface area contributed by atoms with Gasteiger partial charge in [-0.2, -0.15) is 5.10 Å². The van der Waals surface area contributed by atoms with E-state index in [1.807, 2.05) is 24.3 Å². The molecule has 0 saturated heterocycles. The fourth-order valence-electron chi connectivity index (χ4n) is 3.86. The summed E-state index contributed by atoms with van der Waals surface area (Å²) in [5.41, 5.74) is 1.31. The Labute approximate surface area is 162 Å². The molecule has 3 aromatic rings. The zero-order valence-corrected chi connectivity index (χ0v) is 15.6. The van der Waals surface area contributed by atoms with Crippen molar-refractivity contribution in [2.75, 3.05) is 7.11 Å². The molecule has 0 bridgehead atoms. The Kier molecular flexibility index (Phi) is 5.06. The van der Waals surface area contributed by atoms with E-state index in [1.54, 1.807) is 19.2 Å². The summed E-state index contributed by atoms with van der Waals surface area (Å²) >= 11 is 0. The Bertz CT molecular complexity index is 1040. The molecule has 1 saturated carbocycles. The Balaban J connectivity index is 1.42. The van der Waals surface area contributed by atoms with Gasteiger partial charge in [-0.15, -0.1) is 0 Å². The highest BCUT2D eigenvalue weighted by molar-refractivity contribution is 5.94. The Morgan fingerprint density at radius 3 is 2.54 bits per heavy atom. The van der Waals surface area contributed by atoms with Gasteiger partial charge in [0.2, 0.25) is 5.88 Å². The molecule has 1 aliphatic rings. The van der Waals surface area contributed by atoms with E-state index in [0.717, 1.165) is 36.8 Å². The molecule has 0 unspecified atom stereocenters. The molecule has 7 nitrogen and oxygen atoms in total. The van der Waals surface area contributed by atoms with Gasteiger partial charge in [0, 0.05) is 29.6 Å². The maximum atomic E-state index is 12.4. The van der Waals surface area contributed by atoms with Gasteiger partial charge in [-0.1, -0.05) is 18.2 Å². The van der Waals surface area contributed by atoms with Gasteiger partial charge >= 0.3 is 0 Å². The van der Waals surface area contributed by atoms with Crippen LogP contribution in [0.1, 0.15) is 47.7 Å². The van der Waals surface area contributed by atoms with Gasteiger partial charge in [-0.05, 0) is 37.8 Å². The van der Waals surface area contributed by atoms with Crippen molar-refractivity contribution in [1.29, 1.82) is 0 Å². The van der Waals surface area contributed by atoms with E-state index in [1.165, 1.54) is 6.20 Å². The first kappa shape index (κ1) is 18.2. The fourth-order valence-corrected chi connectivity index (χ4v) is 3.86. The third-order valence-corrected chi connectivity index (χ3v) is 5.38. The zero-order chi connectivity index (χ0) is 19.5. The Hall–Kier alpha value is -3.22. The summed E-state index contributed by atoms with van der Waals surface area (Å²) < 4.78 is 5.02. The predicted molar refractivity (Wildman–Crippen MR) is 106 cm³/mol. The smallest absolute Gasteiger partial charge is 0.272 e. The minimum atomic E-state index is -0.159. The molecule has 2 aromatic heterocycles. The predicted octanol–water partition coefficient (Wildman–Crippen LogP) is 2.78. The van der Waals surface area contributed by atoms with E-state index in [4.69, 9.17) is 4.74 Å². The van der Waals surface area contributed by atoms with Crippen molar-refractivity contribution in [3.63, 3.8) is 0 Å². The van der Waals surface area contributed by atoms with Gasteiger partial charge in [-0.25, -0.2) is 10.1 Å². The normalized spacial score (nSPS) is 19.3. The van der Waals surface area contributed by atoms with Crippen LogP contribution in [0.2, 0.25) is 0 Å². The van der Waals surface area contributed by atoms with E-state index < -0.39 is 0 Å². The lowest BCUT2D eigenvalue weighted by Gasteiger charge is -2.29. The fraction of sp³-hybridized carbons (Fsp3) is 0.333. The molecule has 0 aliphatic heterocycles. The number of H-pyrrole nitrogens is 1. The van der Waals surface area contributed by atoms with Crippen LogP contribution in [0.3, 0.4) is 0 Å². The summed E-state index contributed by atoms with van der Waals surface area (Å²) in [7, 11) is 1.54. The molecule has 2 N–H and O–H groups in total. The number of aromatic nitrogens is 3. The van der Waals surface area contributed by atoms with Crippen LogP contribution in [-0.4, -0.2) is 34.2 Å². The largest absolute Gasteiger partial charge is 0.481 e. The quantitative estimate of drug-likeness (QED) is 0.728. The number of rotatable bonds is 4. The van der Waals surface area contributed by atoms with Crippen molar-refractivity contribution in [3.8, 4) is 5.88 Å². The number of amides is 1. The molecule has 28 heavy (non-hydrogen) atoms. The van der Waals surface area contributed by atoms with E-state index in [2.05, 4.69) is 20.5 Å². The van der Waals surface area contributed by atoms with Crippen LogP contribution in [0.15, 0.2) is 47.4 Å². The minimum Gasteiger partial charge on any atom is -0.481 e. The van der Waals surface area contributed by atoms with Crippen molar-refractivity contribution >= 4 is 16.7 Å². The van der Waals surface area contributed by atoms with E-state index in [0.29, 0.717) is 16.8 Å². The van der Waals surface area contributed by atoms with Crippen molar-refractivity contribution in [2.24, 2.45) is 0 Å². The number of hydrogen-bond donors (Lipinski definition) is 2. The molecule has 0 atom stereocenters. The zero-order valence-electron chi connectivity index (χ0n) is 15.6. The minimum absolute atomic E-state index is 0.119. The molecular formula is C21H22N4O3. The molecule has 4 rings (SSSR count). The second-order valence-corrected chi connectivity index (χ2v) is 7.09. The molecule has 1 aromatic carbocycles. The van der Waals surface area contributed by atoms with Gasteiger partial charge in [0.25, 0.3) is 11.5 Å². The third-order valence-electron chi connectivity index (χ3n) is 5.38. The molecule has 0 spiro atoms. The molecular weight excluding hydrogens is 356 g/mol. The third kappa shape index (κ3) is 3.60.